The van der Waals surface area contributed by atoms with Gasteiger partial charge in [-0.3, -0.25) is 4.99 Å². The Morgan fingerprint density at radius 2 is 1.90 bits per heavy atom. The smallest absolute Gasteiger partial charge is 0.191 e. The molecule has 6 heteroatoms. The predicted molar refractivity (Wildman–Crippen MR) is 115 cm³/mol. The second-order valence-corrected chi connectivity index (χ2v) is 7.23. The molecule has 0 spiro atoms. The summed E-state index contributed by atoms with van der Waals surface area (Å²) in [5.74, 6) is 2.38. The zero-order valence-electron chi connectivity index (χ0n) is 16.8. The molecular weight excluding hydrogens is 381 g/mol. The highest BCUT2D eigenvalue weighted by molar-refractivity contribution is 5.80. The highest BCUT2D eigenvalue weighted by Gasteiger charge is 2.21. The number of ether oxygens (including phenoxy) is 1. The van der Waals surface area contributed by atoms with Crippen LogP contribution in [0.2, 0.25) is 0 Å². The van der Waals surface area contributed by atoms with Crippen LogP contribution in [0.3, 0.4) is 0 Å². The van der Waals surface area contributed by atoms with E-state index in [1.807, 2.05) is 42.5 Å². The van der Waals surface area contributed by atoms with Gasteiger partial charge in [-0.05, 0) is 42.3 Å². The van der Waals surface area contributed by atoms with Gasteiger partial charge >= 0.3 is 0 Å². The number of para-hydroxylation sites is 1. The van der Waals surface area contributed by atoms with Crippen LogP contribution >= 0.6 is 0 Å². The molecule has 0 bridgehead atoms. The molecule has 2 heterocycles. The van der Waals surface area contributed by atoms with E-state index in [4.69, 9.17) is 14.1 Å². The first-order chi connectivity index (χ1) is 14.8. The molecule has 1 aliphatic heterocycles. The molecule has 156 valence electrons. The van der Waals surface area contributed by atoms with Crippen LogP contribution in [-0.4, -0.2) is 25.7 Å². The molecule has 0 aliphatic carbocycles. The molecule has 0 saturated heterocycles. The minimum Gasteiger partial charge on any atom is -0.493 e. The van der Waals surface area contributed by atoms with Crippen molar-refractivity contribution in [3.8, 4) is 5.75 Å². The molecule has 0 amide bonds. The van der Waals surface area contributed by atoms with Gasteiger partial charge in [-0.15, -0.1) is 0 Å². The largest absolute Gasteiger partial charge is 0.493 e. The van der Waals surface area contributed by atoms with E-state index in [0.717, 1.165) is 47.9 Å². The number of nitrogens with zero attached hydrogens (tertiary/aromatic N) is 1. The van der Waals surface area contributed by atoms with E-state index >= 15 is 0 Å². The van der Waals surface area contributed by atoms with Gasteiger partial charge in [-0.1, -0.05) is 30.3 Å². The Labute approximate surface area is 176 Å². The third-order valence-corrected chi connectivity index (χ3v) is 5.10. The van der Waals surface area contributed by atoms with Crippen LogP contribution in [0.5, 0.6) is 5.75 Å². The van der Waals surface area contributed by atoms with Gasteiger partial charge in [0.15, 0.2) is 5.96 Å². The van der Waals surface area contributed by atoms with Crippen LogP contribution in [0.1, 0.15) is 29.3 Å². The number of fused-ring (bicyclic) bond motifs is 1. The first kappa shape index (κ1) is 20.0. The fourth-order valence-corrected chi connectivity index (χ4v) is 3.52. The van der Waals surface area contributed by atoms with E-state index in [2.05, 4.69) is 16.7 Å². The molecular formula is C24H26FN3O2. The average molecular weight is 407 g/mol. The van der Waals surface area contributed by atoms with Crippen molar-refractivity contribution >= 4 is 5.96 Å². The summed E-state index contributed by atoms with van der Waals surface area (Å²) < 4.78 is 24.3. The molecule has 1 unspecified atom stereocenters. The maximum atomic E-state index is 13.1. The van der Waals surface area contributed by atoms with Gasteiger partial charge < -0.3 is 19.8 Å². The van der Waals surface area contributed by atoms with E-state index in [9.17, 15) is 4.39 Å². The first-order valence-corrected chi connectivity index (χ1v) is 10.3. The van der Waals surface area contributed by atoms with E-state index in [-0.39, 0.29) is 11.9 Å². The van der Waals surface area contributed by atoms with Crippen molar-refractivity contribution in [2.75, 3.05) is 19.7 Å². The molecule has 1 aliphatic rings. The summed E-state index contributed by atoms with van der Waals surface area (Å²) in [6, 6.07) is 18.7. The van der Waals surface area contributed by atoms with Crippen molar-refractivity contribution < 1.29 is 13.5 Å². The molecule has 5 nitrogen and oxygen atoms in total. The molecule has 1 atom stereocenters. The van der Waals surface area contributed by atoms with Gasteiger partial charge in [0.25, 0.3) is 0 Å². The number of rotatable bonds is 7. The van der Waals surface area contributed by atoms with E-state index in [1.54, 1.807) is 6.26 Å². The van der Waals surface area contributed by atoms with Gasteiger partial charge in [0.1, 0.15) is 17.3 Å². The molecule has 30 heavy (non-hydrogen) atoms. The topological polar surface area (TPSA) is 58.8 Å². The van der Waals surface area contributed by atoms with Crippen molar-refractivity contribution in [1.29, 1.82) is 0 Å². The van der Waals surface area contributed by atoms with Crippen LogP contribution in [-0.2, 0) is 12.8 Å². The lowest BCUT2D eigenvalue weighted by Crippen LogP contribution is -2.42. The van der Waals surface area contributed by atoms with Crippen molar-refractivity contribution in [3.63, 3.8) is 0 Å². The molecule has 2 N–H and O–H groups in total. The SMILES string of the molecule is Fc1ccc(CCNC(=NCCc2ccco2)NC2CCOc3ccccc32)cc1. The number of nitrogens with one attached hydrogen (secondary N) is 2. The highest BCUT2D eigenvalue weighted by Crippen LogP contribution is 2.31. The minimum atomic E-state index is -0.216. The Bertz CT molecular complexity index is 955. The fraction of sp³-hybridized carbons (Fsp3) is 0.292. The summed E-state index contributed by atoms with van der Waals surface area (Å²) in [6.45, 7) is 1.98. The van der Waals surface area contributed by atoms with E-state index in [1.165, 1.54) is 12.1 Å². The molecule has 0 saturated carbocycles. The van der Waals surface area contributed by atoms with Gasteiger partial charge in [-0.2, -0.15) is 0 Å². The van der Waals surface area contributed by atoms with Crippen molar-refractivity contribution in [1.82, 2.24) is 10.6 Å². The standard InChI is InChI=1S/C24H26FN3O2/c25-19-9-7-18(8-10-19)11-14-26-24(27-15-12-20-4-3-16-29-20)28-22-13-17-30-23-6-2-1-5-21(22)23/h1-10,16,22H,11-15,17H2,(H2,26,27,28). The van der Waals surface area contributed by atoms with Crippen molar-refractivity contribution in [2.24, 2.45) is 4.99 Å². The zero-order chi connectivity index (χ0) is 20.6. The Kier molecular flexibility index (Phi) is 6.65. The number of hydrogen-bond donors (Lipinski definition) is 2. The minimum absolute atomic E-state index is 0.135. The number of guanidine groups is 1. The Hall–Kier alpha value is -3.28. The van der Waals surface area contributed by atoms with Gasteiger partial charge in [0.2, 0.25) is 0 Å². The summed E-state index contributed by atoms with van der Waals surface area (Å²) in [6.07, 6.45) is 4.07. The van der Waals surface area contributed by atoms with Gasteiger partial charge in [-0.25, -0.2) is 4.39 Å². The molecule has 0 radical (unpaired) electrons. The molecule has 4 rings (SSSR count). The third kappa shape index (κ3) is 5.41. The first-order valence-electron chi connectivity index (χ1n) is 10.3. The monoisotopic (exact) mass is 407 g/mol. The predicted octanol–water partition coefficient (Wildman–Crippen LogP) is 4.26. The van der Waals surface area contributed by atoms with Crippen LogP contribution in [0.25, 0.3) is 0 Å². The average Bonchev–Trinajstić information content (AvgIpc) is 3.29. The fourth-order valence-electron chi connectivity index (χ4n) is 3.52. The molecule has 3 aromatic rings. The third-order valence-electron chi connectivity index (χ3n) is 5.10. The lowest BCUT2D eigenvalue weighted by atomic mass is 10.0. The quantitative estimate of drug-likeness (QED) is 0.454. The number of halogens is 1. The normalized spacial score (nSPS) is 15.9. The maximum absolute atomic E-state index is 13.1. The Balaban J connectivity index is 1.40. The maximum Gasteiger partial charge on any atom is 0.191 e. The zero-order valence-corrected chi connectivity index (χ0v) is 16.8. The molecule has 0 fully saturated rings. The van der Waals surface area contributed by atoms with Crippen LogP contribution < -0.4 is 15.4 Å². The molecule has 2 aromatic carbocycles. The summed E-state index contributed by atoms with van der Waals surface area (Å²) in [4.78, 5) is 4.74. The Morgan fingerprint density at radius 1 is 1.03 bits per heavy atom. The van der Waals surface area contributed by atoms with Crippen LogP contribution in [0, 0.1) is 5.82 Å². The van der Waals surface area contributed by atoms with Crippen molar-refractivity contribution in [3.05, 3.63) is 89.6 Å². The highest BCUT2D eigenvalue weighted by atomic mass is 19.1. The van der Waals surface area contributed by atoms with Gasteiger partial charge in [0.05, 0.1) is 18.9 Å². The molecule has 1 aromatic heterocycles. The second-order valence-electron chi connectivity index (χ2n) is 7.23. The summed E-state index contributed by atoms with van der Waals surface area (Å²) in [7, 11) is 0. The summed E-state index contributed by atoms with van der Waals surface area (Å²) >= 11 is 0. The lowest BCUT2D eigenvalue weighted by Gasteiger charge is -2.28. The van der Waals surface area contributed by atoms with Gasteiger partial charge in [0, 0.05) is 31.5 Å². The lowest BCUT2D eigenvalue weighted by molar-refractivity contribution is 0.261. The van der Waals surface area contributed by atoms with Crippen LogP contribution in [0.15, 0.2) is 76.3 Å². The van der Waals surface area contributed by atoms with E-state index in [0.29, 0.717) is 19.7 Å². The summed E-state index contributed by atoms with van der Waals surface area (Å²) in [5, 5.41) is 6.97. The second kappa shape index (κ2) is 9.96. The Morgan fingerprint density at radius 3 is 2.73 bits per heavy atom. The number of aliphatic imine (C=N–C) groups is 1. The summed E-state index contributed by atoms with van der Waals surface area (Å²) in [5.41, 5.74) is 2.22. The number of benzene rings is 2. The van der Waals surface area contributed by atoms with Crippen LogP contribution in [0.4, 0.5) is 4.39 Å². The number of furan rings is 1. The van der Waals surface area contributed by atoms with Crippen molar-refractivity contribution in [2.45, 2.75) is 25.3 Å². The van der Waals surface area contributed by atoms with E-state index < -0.39 is 0 Å². The number of hydrogen-bond acceptors (Lipinski definition) is 3.